The van der Waals surface area contributed by atoms with Crippen molar-refractivity contribution >= 4 is 11.5 Å². The lowest BCUT2D eigenvalue weighted by atomic mass is 10.0. The van der Waals surface area contributed by atoms with E-state index in [0.29, 0.717) is 29.5 Å². The number of hydrogen-bond donors (Lipinski definition) is 2. The molecule has 0 radical (unpaired) electrons. The van der Waals surface area contributed by atoms with Crippen molar-refractivity contribution in [3.63, 3.8) is 0 Å². The van der Waals surface area contributed by atoms with E-state index in [0.717, 1.165) is 6.54 Å². The van der Waals surface area contributed by atoms with Gasteiger partial charge in [-0.3, -0.25) is 4.79 Å². The molecule has 0 aliphatic rings. The van der Waals surface area contributed by atoms with Crippen LogP contribution >= 0.6 is 0 Å². The number of hydrogen-bond acceptors (Lipinski definition) is 4. The highest BCUT2D eigenvalue weighted by Crippen LogP contribution is 2.23. The van der Waals surface area contributed by atoms with Gasteiger partial charge in [-0.2, -0.15) is 0 Å². The Morgan fingerprint density at radius 1 is 1.37 bits per heavy atom. The van der Waals surface area contributed by atoms with Crippen LogP contribution in [0.1, 0.15) is 38.1 Å². The predicted octanol–water partition coefficient (Wildman–Crippen LogP) is 2.48. The van der Waals surface area contributed by atoms with Crippen LogP contribution in [0.3, 0.4) is 0 Å². The van der Waals surface area contributed by atoms with Gasteiger partial charge >= 0.3 is 0 Å². The number of carbonyl (C=O) groups is 1. The minimum absolute atomic E-state index is 0.0513. The molecule has 0 spiro atoms. The van der Waals surface area contributed by atoms with Gasteiger partial charge in [0.15, 0.2) is 5.78 Å². The first-order valence-electron chi connectivity index (χ1n) is 6.75. The lowest BCUT2D eigenvalue weighted by Crippen LogP contribution is -2.36. The van der Waals surface area contributed by atoms with Crippen molar-refractivity contribution in [1.29, 1.82) is 0 Å². The van der Waals surface area contributed by atoms with E-state index in [-0.39, 0.29) is 11.8 Å². The fraction of sp³-hybridized carbons (Fsp3) is 0.533. The van der Waals surface area contributed by atoms with Crippen molar-refractivity contribution in [3.8, 4) is 5.75 Å². The van der Waals surface area contributed by atoms with E-state index in [1.165, 1.54) is 0 Å². The number of nitrogens with two attached hydrogens (primary N) is 1. The van der Waals surface area contributed by atoms with E-state index in [1.807, 2.05) is 13.8 Å². The maximum atomic E-state index is 12.2. The van der Waals surface area contributed by atoms with Gasteiger partial charge in [0, 0.05) is 5.56 Å². The first-order chi connectivity index (χ1) is 8.95. The van der Waals surface area contributed by atoms with Crippen LogP contribution in [-0.2, 0) is 0 Å². The smallest absolute Gasteiger partial charge is 0.179 e. The molecule has 3 N–H and O–H groups in total. The van der Waals surface area contributed by atoms with Crippen molar-refractivity contribution in [3.05, 3.63) is 23.8 Å². The molecule has 0 aromatic heterocycles. The van der Waals surface area contributed by atoms with Crippen LogP contribution in [-0.4, -0.2) is 25.0 Å². The monoisotopic (exact) mass is 264 g/mol. The SMILES string of the molecule is CCOc1ccc(C(=O)C(C)NCC(C)C)cc1N. The Morgan fingerprint density at radius 2 is 2.05 bits per heavy atom. The van der Waals surface area contributed by atoms with E-state index >= 15 is 0 Å². The predicted molar refractivity (Wildman–Crippen MR) is 78.7 cm³/mol. The molecule has 19 heavy (non-hydrogen) atoms. The van der Waals surface area contributed by atoms with E-state index in [2.05, 4.69) is 19.2 Å². The van der Waals surface area contributed by atoms with Gasteiger partial charge in [-0.15, -0.1) is 0 Å². The second-order valence-electron chi connectivity index (χ2n) is 5.07. The molecule has 0 saturated heterocycles. The average Bonchev–Trinajstić information content (AvgIpc) is 2.37. The van der Waals surface area contributed by atoms with Gasteiger partial charge in [0.1, 0.15) is 5.75 Å². The van der Waals surface area contributed by atoms with Crippen molar-refractivity contribution in [2.24, 2.45) is 5.92 Å². The summed E-state index contributed by atoms with van der Waals surface area (Å²) in [5, 5.41) is 3.22. The summed E-state index contributed by atoms with van der Waals surface area (Å²) in [6.07, 6.45) is 0. The summed E-state index contributed by atoms with van der Waals surface area (Å²) in [5.74, 6) is 1.19. The van der Waals surface area contributed by atoms with Crippen molar-refractivity contribution in [2.45, 2.75) is 33.7 Å². The quantitative estimate of drug-likeness (QED) is 0.586. The molecule has 106 valence electrons. The van der Waals surface area contributed by atoms with Crippen LogP contribution < -0.4 is 15.8 Å². The molecular weight excluding hydrogens is 240 g/mol. The summed E-state index contributed by atoms with van der Waals surface area (Å²) in [7, 11) is 0. The normalized spacial score (nSPS) is 12.5. The van der Waals surface area contributed by atoms with Crippen LogP contribution in [0.15, 0.2) is 18.2 Å². The standard InChI is InChI=1S/C15H24N2O2/c1-5-19-14-7-6-12(8-13(14)16)15(18)11(4)17-9-10(2)3/h6-8,10-11,17H,5,9,16H2,1-4H3. The third-order valence-corrected chi connectivity index (χ3v) is 2.82. The van der Waals surface area contributed by atoms with Gasteiger partial charge < -0.3 is 15.8 Å². The zero-order valence-corrected chi connectivity index (χ0v) is 12.2. The topological polar surface area (TPSA) is 64.3 Å². The van der Waals surface area contributed by atoms with Crippen molar-refractivity contribution < 1.29 is 9.53 Å². The summed E-state index contributed by atoms with van der Waals surface area (Å²) in [5.41, 5.74) is 6.99. The molecule has 4 nitrogen and oxygen atoms in total. The van der Waals surface area contributed by atoms with Crippen LogP contribution in [0, 0.1) is 5.92 Å². The fourth-order valence-electron chi connectivity index (χ4n) is 1.74. The molecule has 1 aromatic carbocycles. The zero-order valence-electron chi connectivity index (χ0n) is 12.2. The number of nitrogen functional groups attached to an aromatic ring is 1. The van der Waals surface area contributed by atoms with E-state index in [9.17, 15) is 4.79 Å². The molecule has 0 aliphatic heterocycles. The summed E-state index contributed by atoms with van der Waals surface area (Å²) in [6.45, 7) is 9.37. The van der Waals surface area contributed by atoms with Crippen molar-refractivity contribution in [2.75, 3.05) is 18.9 Å². The third kappa shape index (κ3) is 4.56. The second-order valence-corrected chi connectivity index (χ2v) is 5.07. The number of ketones is 1. The molecule has 0 fully saturated rings. The van der Waals surface area contributed by atoms with E-state index in [4.69, 9.17) is 10.5 Å². The maximum absolute atomic E-state index is 12.2. The highest BCUT2D eigenvalue weighted by Gasteiger charge is 2.16. The molecule has 0 amide bonds. The zero-order chi connectivity index (χ0) is 14.4. The Balaban J connectivity index is 2.74. The van der Waals surface area contributed by atoms with Crippen LogP contribution in [0.25, 0.3) is 0 Å². The van der Waals surface area contributed by atoms with E-state index in [1.54, 1.807) is 18.2 Å². The van der Waals surface area contributed by atoms with Crippen LogP contribution in [0.2, 0.25) is 0 Å². The molecule has 4 heteroatoms. The molecule has 0 aliphatic carbocycles. The minimum Gasteiger partial charge on any atom is -0.492 e. The number of ether oxygens (including phenoxy) is 1. The summed E-state index contributed by atoms with van der Waals surface area (Å²) in [6, 6.07) is 4.99. The fourth-order valence-corrected chi connectivity index (χ4v) is 1.74. The Hall–Kier alpha value is -1.55. The van der Waals surface area contributed by atoms with Gasteiger partial charge in [-0.1, -0.05) is 13.8 Å². The third-order valence-electron chi connectivity index (χ3n) is 2.82. The van der Waals surface area contributed by atoms with Crippen LogP contribution in [0.5, 0.6) is 5.75 Å². The van der Waals surface area contributed by atoms with Crippen molar-refractivity contribution in [1.82, 2.24) is 5.32 Å². The van der Waals surface area contributed by atoms with Gasteiger partial charge in [0.05, 0.1) is 18.3 Å². The maximum Gasteiger partial charge on any atom is 0.179 e. The Kier molecular flexibility index (Phi) is 5.83. The first-order valence-corrected chi connectivity index (χ1v) is 6.75. The minimum atomic E-state index is -0.209. The Morgan fingerprint density at radius 3 is 2.58 bits per heavy atom. The van der Waals surface area contributed by atoms with Gasteiger partial charge in [-0.05, 0) is 44.5 Å². The van der Waals surface area contributed by atoms with E-state index < -0.39 is 0 Å². The lowest BCUT2D eigenvalue weighted by Gasteiger charge is -2.15. The average molecular weight is 264 g/mol. The van der Waals surface area contributed by atoms with Gasteiger partial charge in [-0.25, -0.2) is 0 Å². The number of Topliss-reactive ketones (excluding diaryl/α,β-unsaturated/α-hetero) is 1. The lowest BCUT2D eigenvalue weighted by molar-refractivity contribution is 0.0949. The number of benzene rings is 1. The highest BCUT2D eigenvalue weighted by atomic mass is 16.5. The second kappa shape index (κ2) is 7.14. The summed E-state index contributed by atoms with van der Waals surface area (Å²) < 4.78 is 5.36. The first kappa shape index (κ1) is 15.5. The molecule has 1 atom stereocenters. The molecule has 1 rings (SSSR count). The highest BCUT2D eigenvalue weighted by molar-refractivity contribution is 6.00. The molecule has 0 saturated carbocycles. The molecular formula is C15H24N2O2. The Labute approximate surface area is 115 Å². The molecule has 0 heterocycles. The summed E-state index contributed by atoms with van der Waals surface area (Å²) in [4.78, 5) is 12.2. The molecule has 0 bridgehead atoms. The van der Waals surface area contributed by atoms with Crippen LogP contribution in [0.4, 0.5) is 5.69 Å². The number of carbonyl (C=O) groups excluding carboxylic acids is 1. The largest absolute Gasteiger partial charge is 0.492 e. The summed E-state index contributed by atoms with van der Waals surface area (Å²) >= 11 is 0. The van der Waals surface area contributed by atoms with Gasteiger partial charge in [0.2, 0.25) is 0 Å². The Bertz CT molecular complexity index is 430. The molecule has 1 unspecified atom stereocenters. The molecule has 1 aromatic rings. The number of anilines is 1. The van der Waals surface area contributed by atoms with Gasteiger partial charge in [0.25, 0.3) is 0 Å². The number of rotatable bonds is 7. The number of nitrogens with one attached hydrogen (secondary N) is 1.